The van der Waals surface area contributed by atoms with E-state index in [1.165, 1.54) is 16.0 Å². The Morgan fingerprint density at radius 1 is 1.21 bits per heavy atom. The summed E-state index contributed by atoms with van der Waals surface area (Å²) in [7, 11) is 0. The van der Waals surface area contributed by atoms with E-state index in [0.29, 0.717) is 23.2 Å². The van der Waals surface area contributed by atoms with Gasteiger partial charge in [-0.15, -0.1) is 11.8 Å². The van der Waals surface area contributed by atoms with Crippen molar-refractivity contribution in [1.29, 1.82) is 0 Å². The van der Waals surface area contributed by atoms with E-state index in [1.54, 1.807) is 18.7 Å². The molecular weight excluding hydrogens is 260 g/mol. The first-order valence-corrected chi connectivity index (χ1v) is 7.28. The predicted octanol–water partition coefficient (Wildman–Crippen LogP) is 4.27. The van der Waals surface area contributed by atoms with Gasteiger partial charge in [-0.1, -0.05) is 26.0 Å². The van der Waals surface area contributed by atoms with Crippen LogP contribution in [0.3, 0.4) is 0 Å². The highest BCUT2D eigenvalue weighted by atomic mass is 32.2. The first-order chi connectivity index (χ1) is 8.97. The smallest absolute Gasteiger partial charge is 0.396 e. The number of hydrogen-bond donors (Lipinski definition) is 0. The van der Waals surface area contributed by atoms with Crippen LogP contribution in [0.5, 0.6) is 0 Å². The minimum absolute atomic E-state index is 0.508. The summed E-state index contributed by atoms with van der Waals surface area (Å²) in [6.07, 6.45) is 0. The van der Waals surface area contributed by atoms with Gasteiger partial charge in [-0.2, -0.15) is 0 Å². The average Bonchev–Trinajstić information content (AvgIpc) is 2.66. The Balaban J connectivity index is 2.17. The third-order valence-corrected chi connectivity index (χ3v) is 4.23. The second-order valence-electron chi connectivity index (χ2n) is 4.90. The summed E-state index contributed by atoms with van der Waals surface area (Å²) in [4.78, 5) is 12.2. The van der Waals surface area contributed by atoms with Crippen LogP contribution in [0.1, 0.15) is 42.4 Å². The van der Waals surface area contributed by atoms with Gasteiger partial charge in [0.15, 0.2) is 5.76 Å². The fourth-order valence-electron chi connectivity index (χ4n) is 1.78. The maximum atomic E-state index is 11.0. The Morgan fingerprint density at radius 3 is 2.53 bits per heavy atom. The summed E-state index contributed by atoms with van der Waals surface area (Å²) in [6.45, 7) is 8.19. The maximum Gasteiger partial charge on any atom is 0.519 e. The molecule has 102 valence electrons. The Morgan fingerprint density at radius 2 is 1.95 bits per heavy atom. The summed E-state index contributed by atoms with van der Waals surface area (Å²) in [5, 5.41) is 0. The fourth-order valence-corrected chi connectivity index (χ4v) is 2.84. The predicted molar refractivity (Wildman–Crippen MR) is 76.8 cm³/mol. The van der Waals surface area contributed by atoms with Crippen LogP contribution in [0.15, 0.2) is 36.7 Å². The van der Waals surface area contributed by atoms with E-state index in [4.69, 9.17) is 8.83 Å². The molecule has 0 N–H and O–H groups in total. The van der Waals surface area contributed by atoms with E-state index >= 15 is 0 Å². The SMILES string of the molecule is Cc1ccc(C(C)C)cc1SCc1oc(=O)oc1C. The molecule has 1 aromatic carbocycles. The lowest BCUT2D eigenvalue weighted by Crippen LogP contribution is -1.90. The van der Waals surface area contributed by atoms with Gasteiger partial charge in [0.25, 0.3) is 0 Å². The lowest BCUT2D eigenvalue weighted by molar-refractivity contribution is 0.372. The Hall–Kier alpha value is -1.42. The van der Waals surface area contributed by atoms with E-state index in [0.717, 1.165) is 0 Å². The standard InChI is InChI=1S/C15H18O3S/c1-9(2)12-6-5-10(3)14(7-12)19-8-13-11(4)17-15(16)18-13/h5-7,9H,8H2,1-4H3. The summed E-state index contributed by atoms with van der Waals surface area (Å²) < 4.78 is 9.87. The van der Waals surface area contributed by atoms with Gasteiger partial charge in [-0.25, -0.2) is 4.79 Å². The molecule has 0 spiro atoms. The first-order valence-electron chi connectivity index (χ1n) is 6.30. The highest BCUT2D eigenvalue weighted by Crippen LogP contribution is 2.29. The Kier molecular flexibility index (Phi) is 4.20. The van der Waals surface area contributed by atoms with Crippen LogP contribution in [0.4, 0.5) is 0 Å². The van der Waals surface area contributed by atoms with Gasteiger partial charge in [0.1, 0.15) is 5.76 Å². The topological polar surface area (TPSA) is 43.4 Å². The monoisotopic (exact) mass is 278 g/mol. The van der Waals surface area contributed by atoms with Gasteiger partial charge in [0.05, 0.1) is 5.75 Å². The molecule has 4 heteroatoms. The third kappa shape index (κ3) is 3.32. The molecule has 0 radical (unpaired) electrons. The number of rotatable bonds is 4. The number of thioether (sulfide) groups is 1. The molecule has 0 unspecified atom stereocenters. The molecule has 2 rings (SSSR count). The molecule has 0 amide bonds. The molecule has 1 aromatic heterocycles. The normalized spacial score (nSPS) is 11.2. The molecule has 0 bridgehead atoms. The Bertz CT molecular complexity index is 623. The van der Waals surface area contributed by atoms with Crippen molar-refractivity contribution in [2.75, 3.05) is 0 Å². The molecule has 0 aliphatic carbocycles. The van der Waals surface area contributed by atoms with Crippen molar-refractivity contribution < 1.29 is 8.83 Å². The van der Waals surface area contributed by atoms with Gasteiger partial charge in [-0.3, -0.25) is 0 Å². The molecular formula is C15H18O3S. The molecule has 2 aromatic rings. The largest absolute Gasteiger partial charge is 0.519 e. The van der Waals surface area contributed by atoms with Crippen LogP contribution in [-0.2, 0) is 5.75 Å². The molecule has 0 aliphatic rings. The van der Waals surface area contributed by atoms with Gasteiger partial charge < -0.3 is 8.83 Å². The fraction of sp³-hybridized carbons (Fsp3) is 0.400. The van der Waals surface area contributed by atoms with E-state index < -0.39 is 5.82 Å². The highest BCUT2D eigenvalue weighted by Gasteiger charge is 2.10. The van der Waals surface area contributed by atoms with E-state index in [-0.39, 0.29) is 0 Å². The van der Waals surface area contributed by atoms with Crippen molar-refractivity contribution in [1.82, 2.24) is 0 Å². The Labute approximate surface area is 117 Å². The summed E-state index contributed by atoms with van der Waals surface area (Å²) in [5.74, 6) is 1.67. The second kappa shape index (κ2) is 5.70. The summed E-state index contributed by atoms with van der Waals surface area (Å²) >= 11 is 1.67. The summed E-state index contributed by atoms with van der Waals surface area (Å²) in [6, 6.07) is 6.50. The highest BCUT2D eigenvalue weighted by molar-refractivity contribution is 7.98. The van der Waals surface area contributed by atoms with Crippen LogP contribution in [0.25, 0.3) is 0 Å². The molecule has 1 heterocycles. The van der Waals surface area contributed by atoms with Gasteiger partial charge in [0, 0.05) is 4.90 Å². The molecule has 19 heavy (non-hydrogen) atoms. The zero-order valence-electron chi connectivity index (χ0n) is 11.6. The van der Waals surface area contributed by atoms with Crippen molar-refractivity contribution in [2.24, 2.45) is 0 Å². The van der Waals surface area contributed by atoms with Crippen LogP contribution in [0, 0.1) is 13.8 Å². The average molecular weight is 278 g/mol. The lowest BCUT2D eigenvalue weighted by atomic mass is 10.0. The second-order valence-corrected chi connectivity index (χ2v) is 5.92. The van der Waals surface area contributed by atoms with Crippen LogP contribution < -0.4 is 5.82 Å². The minimum Gasteiger partial charge on any atom is -0.396 e. The van der Waals surface area contributed by atoms with Gasteiger partial charge in [0.2, 0.25) is 0 Å². The van der Waals surface area contributed by atoms with E-state index in [1.807, 2.05) is 0 Å². The van der Waals surface area contributed by atoms with Crippen LogP contribution in [-0.4, -0.2) is 0 Å². The van der Waals surface area contributed by atoms with Crippen molar-refractivity contribution in [3.63, 3.8) is 0 Å². The van der Waals surface area contributed by atoms with Crippen LogP contribution in [0.2, 0.25) is 0 Å². The zero-order chi connectivity index (χ0) is 14.0. The van der Waals surface area contributed by atoms with Gasteiger partial charge in [-0.05, 0) is 37.0 Å². The quantitative estimate of drug-likeness (QED) is 0.783. The number of benzene rings is 1. The van der Waals surface area contributed by atoms with Crippen molar-refractivity contribution in [2.45, 2.75) is 44.3 Å². The molecule has 0 fully saturated rings. The van der Waals surface area contributed by atoms with Crippen LogP contribution >= 0.6 is 11.8 Å². The first kappa shape index (κ1) is 14.0. The zero-order valence-corrected chi connectivity index (χ0v) is 12.5. The number of hydrogen-bond acceptors (Lipinski definition) is 4. The lowest BCUT2D eigenvalue weighted by Gasteiger charge is -2.10. The molecule has 0 atom stereocenters. The molecule has 0 saturated carbocycles. The minimum atomic E-state index is -0.624. The molecule has 0 saturated heterocycles. The third-order valence-electron chi connectivity index (χ3n) is 3.07. The maximum absolute atomic E-state index is 11.0. The molecule has 3 nitrogen and oxygen atoms in total. The van der Waals surface area contributed by atoms with Crippen molar-refractivity contribution >= 4 is 11.8 Å². The van der Waals surface area contributed by atoms with Crippen molar-refractivity contribution in [3.05, 3.63) is 51.5 Å². The molecule has 0 aliphatic heterocycles. The number of aryl methyl sites for hydroxylation is 2. The van der Waals surface area contributed by atoms with E-state index in [2.05, 4.69) is 39.0 Å². The van der Waals surface area contributed by atoms with E-state index in [9.17, 15) is 4.79 Å². The summed E-state index contributed by atoms with van der Waals surface area (Å²) in [5.41, 5.74) is 2.55. The van der Waals surface area contributed by atoms with Crippen molar-refractivity contribution in [3.8, 4) is 0 Å². The van der Waals surface area contributed by atoms with Gasteiger partial charge >= 0.3 is 5.82 Å².